The number of rotatable bonds is 5. The molecule has 2 N–H and O–H groups in total. The van der Waals surface area contributed by atoms with Crippen molar-refractivity contribution in [3.05, 3.63) is 46.3 Å². The first kappa shape index (κ1) is 16.2. The minimum Gasteiger partial charge on any atom is -0.450 e. The van der Waals surface area contributed by atoms with Crippen LogP contribution in [0.25, 0.3) is 11.0 Å². The van der Waals surface area contributed by atoms with Crippen LogP contribution in [0.5, 0.6) is 0 Å². The van der Waals surface area contributed by atoms with Crippen molar-refractivity contribution < 1.29 is 23.5 Å². The van der Waals surface area contributed by atoms with Crippen LogP contribution in [0.1, 0.15) is 10.6 Å². The molecule has 0 fully saturated rings. The first-order valence-electron chi connectivity index (χ1n) is 6.68. The lowest BCUT2D eigenvalue weighted by atomic mass is 10.2. The molecule has 0 aliphatic rings. The van der Waals surface area contributed by atoms with Gasteiger partial charge in [-0.3, -0.25) is 14.4 Å². The molecule has 2 aromatic rings. The summed E-state index contributed by atoms with van der Waals surface area (Å²) in [5.41, 5.74) is -0.140. The van der Waals surface area contributed by atoms with Crippen molar-refractivity contribution in [2.45, 2.75) is 0 Å². The molecule has 0 radical (unpaired) electrons. The highest BCUT2D eigenvalue weighted by Gasteiger charge is 2.15. The number of para-hydroxylation sites is 1. The van der Waals surface area contributed by atoms with Crippen molar-refractivity contribution in [1.82, 2.24) is 10.6 Å². The molecule has 0 saturated carbocycles. The topological polar surface area (TPSA) is 115 Å². The van der Waals surface area contributed by atoms with E-state index in [0.29, 0.717) is 5.39 Å². The number of ether oxygens (including phenoxy) is 1. The Kier molecular flexibility index (Phi) is 5.08. The fourth-order valence-corrected chi connectivity index (χ4v) is 1.73. The van der Waals surface area contributed by atoms with E-state index in [1.165, 1.54) is 7.05 Å². The van der Waals surface area contributed by atoms with Crippen LogP contribution in [0.3, 0.4) is 0 Å². The summed E-state index contributed by atoms with van der Waals surface area (Å²) in [7, 11) is 1.43. The Balaban J connectivity index is 2.00. The van der Waals surface area contributed by atoms with Crippen molar-refractivity contribution in [3.63, 3.8) is 0 Å². The number of carbonyl (C=O) groups excluding carboxylic acids is 3. The average Bonchev–Trinajstić information content (AvgIpc) is 2.57. The largest absolute Gasteiger partial charge is 0.450 e. The highest BCUT2D eigenvalue weighted by atomic mass is 16.5. The van der Waals surface area contributed by atoms with Crippen LogP contribution in [0, 0.1) is 0 Å². The summed E-state index contributed by atoms with van der Waals surface area (Å²) in [5, 5.41) is 4.92. The summed E-state index contributed by atoms with van der Waals surface area (Å²) in [6.45, 7) is -0.815. The molecule has 0 atom stereocenters. The van der Waals surface area contributed by atoms with Crippen LogP contribution < -0.4 is 16.1 Å². The highest BCUT2D eigenvalue weighted by Crippen LogP contribution is 2.12. The zero-order chi connectivity index (χ0) is 16.8. The van der Waals surface area contributed by atoms with Crippen LogP contribution >= 0.6 is 0 Å². The van der Waals surface area contributed by atoms with Crippen molar-refractivity contribution >= 4 is 28.8 Å². The third-order valence-corrected chi connectivity index (χ3v) is 2.90. The van der Waals surface area contributed by atoms with E-state index in [0.717, 1.165) is 6.07 Å². The lowest BCUT2D eigenvalue weighted by Gasteiger charge is -2.06. The van der Waals surface area contributed by atoms with E-state index in [4.69, 9.17) is 9.15 Å². The maximum atomic E-state index is 11.9. The number of esters is 1. The molecular weight excluding hydrogens is 304 g/mol. The summed E-state index contributed by atoms with van der Waals surface area (Å²) < 4.78 is 10.0. The molecule has 1 heterocycles. The third kappa shape index (κ3) is 4.16. The minimum atomic E-state index is -0.942. The highest BCUT2D eigenvalue weighted by molar-refractivity contribution is 5.91. The van der Waals surface area contributed by atoms with Gasteiger partial charge >= 0.3 is 5.97 Å². The van der Waals surface area contributed by atoms with E-state index >= 15 is 0 Å². The number of nitrogens with one attached hydrogen (secondary N) is 2. The van der Waals surface area contributed by atoms with Gasteiger partial charge in [0.05, 0.1) is 11.9 Å². The molecule has 23 heavy (non-hydrogen) atoms. The smallest absolute Gasteiger partial charge is 0.374 e. The fraction of sp³-hybridized carbons (Fsp3) is 0.200. The lowest BCUT2D eigenvalue weighted by molar-refractivity contribution is -0.127. The van der Waals surface area contributed by atoms with Crippen molar-refractivity contribution in [1.29, 1.82) is 0 Å². The summed E-state index contributed by atoms with van der Waals surface area (Å²) in [5.74, 6) is -2.27. The molecule has 0 bridgehead atoms. The van der Waals surface area contributed by atoms with E-state index in [-0.39, 0.29) is 29.2 Å². The van der Waals surface area contributed by atoms with Crippen LogP contribution in [0.15, 0.2) is 39.5 Å². The predicted octanol–water partition coefficient (Wildman–Crippen LogP) is -0.188. The van der Waals surface area contributed by atoms with E-state index in [1.807, 2.05) is 0 Å². The Morgan fingerprint density at radius 2 is 1.91 bits per heavy atom. The second-order valence-electron chi connectivity index (χ2n) is 4.50. The Bertz CT molecular complexity index is 811. The molecule has 0 aliphatic carbocycles. The first-order chi connectivity index (χ1) is 11.0. The monoisotopic (exact) mass is 318 g/mol. The van der Waals surface area contributed by atoms with Crippen LogP contribution in [-0.4, -0.2) is 38.0 Å². The van der Waals surface area contributed by atoms with Gasteiger partial charge < -0.3 is 19.8 Å². The van der Waals surface area contributed by atoms with Crippen LogP contribution in [0.2, 0.25) is 0 Å². The van der Waals surface area contributed by atoms with E-state index in [1.54, 1.807) is 24.3 Å². The Morgan fingerprint density at radius 3 is 2.65 bits per heavy atom. The molecule has 1 aromatic heterocycles. The van der Waals surface area contributed by atoms with Gasteiger partial charge in [0.2, 0.25) is 11.7 Å². The Labute approximate surface area is 130 Å². The van der Waals surface area contributed by atoms with Gasteiger partial charge in [-0.15, -0.1) is 0 Å². The molecule has 0 saturated heterocycles. The van der Waals surface area contributed by atoms with Crippen LogP contribution in [0.4, 0.5) is 0 Å². The van der Waals surface area contributed by atoms with E-state index in [9.17, 15) is 19.2 Å². The normalized spacial score (nSPS) is 10.1. The molecule has 1 aromatic carbocycles. The summed E-state index contributed by atoms with van der Waals surface area (Å²) >= 11 is 0. The number of amides is 2. The van der Waals surface area contributed by atoms with Gasteiger partial charge in [-0.2, -0.15) is 0 Å². The van der Waals surface area contributed by atoms with Gasteiger partial charge in [0.1, 0.15) is 5.58 Å². The quantitative estimate of drug-likeness (QED) is 0.739. The van der Waals surface area contributed by atoms with Crippen molar-refractivity contribution in [3.8, 4) is 0 Å². The number of hydrogen-bond donors (Lipinski definition) is 2. The number of fused-ring (bicyclic) bond motifs is 1. The van der Waals surface area contributed by atoms with Gasteiger partial charge in [0.25, 0.3) is 5.91 Å². The molecule has 2 rings (SSSR count). The van der Waals surface area contributed by atoms with Gasteiger partial charge in [0.15, 0.2) is 12.0 Å². The molecule has 8 nitrogen and oxygen atoms in total. The fourth-order valence-electron chi connectivity index (χ4n) is 1.73. The average molecular weight is 318 g/mol. The van der Waals surface area contributed by atoms with Crippen molar-refractivity contribution in [2.24, 2.45) is 0 Å². The van der Waals surface area contributed by atoms with Crippen molar-refractivity contribution in [2.75, 3.05) is 20.2 Å². The Morgan fingerprint density at radius 1 is 1.17 bits per heavy atom. The molecule has 0 spiro atoms. The SMILES string of the molecule is CNC(=O)CNC(=O)COC(=O)c1cc(=O)c2ccccc2o1. The maximum Gasteiger partial charge on any atom is 0.374 e. The summed E-state index contributed by atoms with van der Waals surface area (Å²) in [4.78, 5) is 46.1. The molecule has 8 heteroatoms. The standard InChI is InChI=1S/C15H14N2O6/c1-16-13(19)7-17-14(20)8-22-15(21)12-6-10(18)9-4-2-3-5-11(9)23-12/h2-6H,7-8H2,1H3,(H,16,19)(H,17,20). The number of benzene rings is 1. The van der Waals surface area contributed by atoms with Gasteiger partial charge in [-0.1, -0.05) is 12.1 Å². The molecule has 2 amide bonds. The second kappa shape index (κ2) is 7.21. The minimum absolute atomic E-state index is 0.224. The summed E-state index contributed by atoms with van der Waals surface area (Å²) in [6, 6.07) is 7.46. The maximum absolute atomic E-state index is 11.9. The number of hydrogen-bond acceptors (Lipinski definition) is 6. The van der Waals surface area contributed by atoms with Gasteiger partial charge in [-0.05, 0) is 12.1 Å². The van der Waals surface area contributed by atoms with Crippen LogP contribution in [-0.2, 0) is 14.3 Å². The number of carbonyl (C=O) groups is 3. The first-order valence-corrected chi connectivity index (χ1v) is 6.68. The lowest BCUT2D eigenvalue weighted by Crippen LogP contribution is -2.37. The van der Waals surface area contributed by atoms with Gasteiger partial charge in [-0.25, -0.2) is 4.79 Å². The Hall–Kier alpha value is -3.16. The second-order valence-corrected chi connectivity index (χ2v) is 4.50. The number of likely N-dealkylation sites (N-methyl/N-ethyl adjacent to an activating group) is 1. The third-order valence-electron chi connectivity index (χ3n) is 2.90. The molecule has 120 valence electrons. The molecule has 0 aliphatic heterocycles. The molecule has 0 unspecified atom stereocenters. The zero-order valence-electron chi connectivity index (χ0n) is 12.3. The zero-order valence-corrected chi connectivity index (χ0v) is 12.3. The predicted molar refractivity (Wildman–Crippen MR) is 79.8 cm³/mol. The van der Waals surface area contributed by atoms with Gasteiger partial charge in [0, 0.05) is 13.1 Å². The molecular formula is C15H14N2O6. The van der Waals surface area contributed by atoms with E-state index in [2.05, 4.69) is 10.6 Å². The summed E-state index contributed by atoms with van der Waals surface area (Å²) in [6.07, 6.45) is 0. The van der Waals surface area contributed by atoms with E-state index < -0.39 is 18.5 Å².